The second-order valence-corrected chi connectivity index (χ2v) is 9.47. The quantitative estimate of drug-likeness (QED) is 0.717. The molecular formula is C21H30N2O5. The van der Waals surface area contributed by atoms with Gasteiger partial charge in [0.15, 0.2) is 11.4 Å². The molecule has 4 aliphatic rings. The van der Waals surface area contributed by atoms with E-state index in [1.807, 2.05) is 0 Å². The predicted molar refractivity (Wildman–Crippen MR) is 101 cm³/mol. The van der Waals surface area contributed by atoms with Gasteiger partial charge < -0.3 is 19.3 Å². The summed E-state index contributed by atoms with van der Waals surface area (Å²) in [5, 5.41) is 0. The molecular weight excluding hydrogens is 360 g/mol. The highest BCUT2D eigenvalue weighted by Crippen LogP contribution is 2.46. The lowest BCUT2D eigenvalue weighted by Gasteiger charge is -2.39. The van der Waals surface area contributed by atoms with Gasteiger partial charge in [-0.2, -0.15) is 0 Å². The molecule has 154 valence electrons. The number of Topliss-reactive ketones (excluding diaryl/α,β-unsaturated/α-hetero) is 1. The molecule has 0 aromatic carbocycles. The monoisotopic (exact) mass is 390 g/mol. The Labute approximate surface area is 166 Å². The van der Waals surface area contributed by atoms with Crippen molar-refractivity contribution in [2.24, 2.45) is 5.41 Å². The van der Waals surface area contributed by atoms with Crippen LogP contribution in [0.4, 0.5) is 0 Å². The lowest BCUT2D eigenvalue weighted by Crippen LogP contribution is -2.57. The fraction of sp³-hybridized carbons (Fsp3) is 0.762. The smallest absolute Gasteiger partial charge is 0.266 e. The van der Waals surface area contributed by atoms with Gasteiger partial charge in [0, 0.05) is 57.6 Å². The number of rotatable bonds is 2. The molecule has 3 heterocycles. The summed E-state index contributed by atoms with van der Waals surface area (Å²) in [5.41, 5.74) is -0.442. The summed E-state index contributed by atoms with van der Waals surface area (Å²) in [6.45, 7) is 8.55. The number of carbonyl (C=O) groups is 3. The van der Waals surface area contributed by atoms with E-state index in [4.69, 9.17) is 9.47 Å². The fourth-order valence-corrected chi connectivity index (χ4v) is 4.80. The first-order valence-electron chi connectivity index (χ1n) is 10.3. The summed E-state index contributed by atoms with van der Waals surface area (Å²) in [6, 6.07) is 0. The van der Waals surface area contributed by atoms with Crippen molar-refractivity contribution in [3.63, 3.8) is 0 Å². The Kier molecular flexibility index (Phi) is 4.76. The van der Waals surface area contributed by atoms with Crippen LogP contribution in [0, 0.1) is 5.41 Å². The average Bonchev–Trinajstić information content (AvgIpc) is 3.28. The molecule has 2 atom stereocenters. The third kappa shape index (κ3) is 3.45. The molecule has 0 saturated carbocycles. The largest absolute Gasteiger partial charge is 0.481 e. The molecule has 4 rings (SSSR count). The molecule has 0 spiro atoms. The van der Waals surface area contributed by atoms with E-state index in [0.29, 0.717) is 63.4 Å². The highest BCUT2D eigenvalue weighted by Gasteiger charge is 2.50. The Morgan fingerprint density at radius 3 is 2.32 bits per heavy atom. The maximum Gasteiger partial charge on any atom is 0.266 e. The van der Waals surface area contributed by atoms with Crippen molar-refractivity contribution < 1.29 is 23.9 Å². The Bertz CT molecular complexity index is 729. The third-order valence-electron chi connectivity index (χ3n) is 6.35. The van der Waals surface area contributed by atoms with Crippen LogP contribution in [0.2, 0.25) is 0 Å². The van der Waals surface area contributed by atoms with E-state index in [-0.39, 0.29) is 29.1 Å². The maximum atomic E-state index is 13.2. The minimum Gasteiger partial charge on any atom is -0.481 e. The van der Waals surface area contributed by atoms with Crippen molar-refractivity contribution in [1.82, 2.24) is 9.80 Å². The van der Waals surface area contributed by atoms with Crippen LogP contribution in [-0.4, -0.2) is 71.9 Å². The van der Waals surface area contributed by atoms with E-state index in [2.05, 4.69) is 13.8 Å². The first-order chi connectivity index (χ1) is 13.2. The normalized spacial score (nSPS) is 32.4. The van der Waals surface area contributed by atoms with Crippen molar-refractivity contribution >= 4 is 17.6 Å². The van der Waals surface area contributed by atoms with Gasteiger partial charge in [-0.05, 0) is 25.2 Å². The Balaban J connectivity index is 1.37. The molecule has 2 saturated heterocycles. The summed E-state index contributed by atoms with van der Waals surface area (Å²) in [4.78, 5) is 41.8. The van der Waals surface area contributed by atoms with Gasteiger partial charge in [0.05, 0.1) is 0 Å². The highest BCUT2D eigenvalue weighted by molar-refractivity contribution is 6.00. The molecule has 2 fully saturated rings. The minimum absolute atomic E-state index is 0.0397. The summed E-state index contributed by atoms with van der Waals surface area (Å²) >= 11 is 0. The molecule has 0 N–H and O–H groups in total. The number of ether oxygens (including phenoxy) is 2. The molecule has 28 heavy (non-hydrogen) atoms. The van der Waals surface area contributed by atoms with Gasteiger partial charge in [-0.15, -0.1) is 0 Å². The van der Waals surface area contributed by atoms with E-state index in [0.717, 1.165) is 12.8 Å². The molecule has 0 aromatic heterocycles. The lowest BCUT2D eigenvalue weighted by atomic mass is 9.76. The van der Waals surface area contributed by atoms with Crippen molar-refractivity contribution in [3.8, 4) is 0 Å². The van der Waals surface area contributed by atoms with Crippen LogP contribution in [0.5, 0.6) is 0 Å². The van der Waals surface area contributed by atoms with Gasteiger partial charge in [0.1, 0.15) is 11.9 Å². The average molecular weight is 390 g/mol. The zero-order chi connectivity index (χ0) is 20.1. The number of allylic oxidation sites excluding steroid dienone is 1. The SMILES string of the molecule is CC1(C)CC(=O)C2=C(C1)OC(C)(C(=O)N1CCN(C(=O)C3CCCO3)CC1)C2. The van der Waals surface area contributed by atoms with Crippen molar-refractivity contribution in [3.05, 3.63) is 11.3 Å². The van der Waals surface area contributed by atoms with Gasteiger partial charge in [-0.1, -0.05) is 13.8 Å². The van der Waals surface area contributed by atoms with E-state index >= 15 is 0 Å². The lowest BCUT2D eigenvalue weighted by molar-refractivity contribution is -0.155. The Morgan fingerprint density at radius 2 is 1.68 bits per heavy atom. The number of amides is 2. The second kappa shape index (κ2) is 6.87. The van der Waals surface area contributed by atoms with Crippen LogP contribution < -0.4 is 0 Å². The zero-order valence-corrected chi connectivity index (χ0v) is 17.1. The molecule has 0 bridgehead atoms. The molecule has 2 amide bonds. The molecule has 2 unspecified atom stereocenters. The first kappa shape index (κ1) is 19.4. The topological polar surface area (TPSA) is 76.2 Å². The highest BCUT2D eigenvalue weighted by atomic mass is 16.5. The minimum atomic E-state index is -1.01. The molecule has 1 aliphatic carbocycles. The van der Waals surface area contributed by atoms with E-state index in [1.165, 1.54) is 0 Å². The van der Waals surface area contributed by atoms with Gasteiger partial charge in [-0.3, -0.25) is 14.4 Å². The molecule has 3 aliphatic heterocycles. The van der Waals surface area contributed by atoms with E-state index < -0.39 is 5.60 Å². The number of carbonyl (C=O) groups excluding carboxylic acids is 3. The predicted octanol–water partition coefficient (Wildman–Crippen LogP) is 1.66. The van der Waals surface area contributed by atoms with Crippen LogP contribution in [0.3, 0.4) is 0 Å². The summed E-state index contributed by atoms with van der Waals surface area (Å²) in [7, 11) is 0. The fourth-order valence-electron chi connectivity index (χ4n) is 4.80. The summed E-state index contributed by atoms with van der Waals surface area (Å²) in [6.07, 6.45) is 2.95. The Morgan fingerprint density at radius 1 is 1.00 bits per heavy atom. The van der Waals surface area contributed by atoms with Gasteiger partial charge in [0.25, 0.3) is 11.8 Å². The zero-order valence-electron chi connectivity index (χ0n) is 17.1. The van der Waals surface area contributed by atoms with Gasteiger partial charge >= 0.3 is 0 Å². The number of hydrogen-bond donors (Lipinski definition) is 0. The summed E-state index contributed by atoms with van der Waals surface area (Å²) in [5.74, 6) is 0.758. The van der Waals surface area contributed by atoms with Crippen molar-refractivity contribution in [2.75, 3.05) is 32.8 Å². The van der Waals surface area contributed by atoms with Crippen LogP contribution in [0.15, 0.2) is 11.3 Å². The maximum absolute atomic E-state index is 13.2. The van der Waals surface area contributed by atoms with Gasteiger partial charge in [0.2, 0.25) is 0 Å². The van der Waals surface area contributed by atoms with Crippen molar-refractivity contribution in [2.45, 2.75) is 64.6 Å². The third-order valence-corrected chi connectivity index (χ3v) is 6.35. The second-order valence-electron chi connectivity index (χ2n) is 9.47. The number of piperazine rings is 1. The van der Waals surface area contributed by atoms with E-state index in [1.54, 1.807) is 16.7 Å². The van der Waals surface area contributed by atoms with Crippen LogP contribution >= 0.6 is 0 Å². The van der Waals surface area contributed by atoms with Crippen LogP contribution in [-0.2, 0) is 23.9 Å². The molecule has 7 heteroatoms. The first-order valence-corrected chi connectivity index (χ1v) is 10.3. The molecule has 0 aromatic rings. The molecule has 7 nitrogen and oxygen atoms in total. The van der Waals surface area contributed by atoms with Gasteiger partial charge in [-0.25, -0.2) is 0 Å². The summed E-state index contributed by atoms with van der Waals surface area (Å²) < 4.78 is 11.6. The van der Waals surface area contributed by atoms with Crippen LogP contribution in [0.25, 0.3) is 0 Å². The number of hydrogen-bond acceptors (Lipinski definition) is 5. The molecule has 0 radical (unpaired) electrons. The van der Waals surface area contributed by atoms with Crippen molar-refractivity contribution in [1.29, 1.82) is 0 Å². The van der Waals surface area contributed by atoms with Crippen LogP contribution in [0.1, 0.15) is 52.9 Å². The Hall–Kier alpha value is -1.89. The van der Waals surface area contributed by atoms with E-state index in [9.17, 15) is 14.4 Å². The number of nitrogens with zero attached hydrogens (tertiary/aromatic N) is 2. The number of ketones is 1. The standard InChI is InChI=1S/C21H30N2O5/c1-20(2)12-15(24)14-11-21(3,28-17(14)13-20)19(26)23-8-6-22(7-9-23)18(25)16-5-4-10-27-16/h16H,4-13H2,1-3H3.